The van der Waals surface area contributed by atoms with Crippen molar-refractivity contribution in [2.45, 2.75) is 37.5 Å². The Hall–Kier alpha value is -1.18. The van der Waals surface area contributed by atoms with Gasteiger partial charge in [0.05, 0.1) is 10.6 Å². The van der Waals surface area contributed by atoms with Crippen molar-refractivity contribution in [3.8, 4) is 0 Å². The third kappa shape index (κ3) is 5.26. The number of benzene rings is 1. The highest BCUT2D eigenvalue weighted by atomic mass is 35.5. The molecule has 0 saturated heterocycles. The second kappa shape index (κ2) is 7.72. The Kier molecular flexibility index (Phi) is 6.57. The normalized spacial score (nSPS) is 11.4. The summed E-state index contributed by atoms with van der Waals surface area (Å²) in [6, 6.07) is 1.63. The van der Waals surface area contributed by atoms with Gasteiger partial charge in [-0.1, -0.05) is 37.8 Å². The van der Waals surface area contributed by atoms with Gasteiger partial charge in [-0.15, -0.1) is 0 Å². The molecule has 0 fully saturated rings. The van der Waals surface area contributed by atoms with Crippen LogP contribution in [0.1, 0.15) is 43.0 Å². The number of unbranched alkanes of at least 4 members (excludes halogenated alkanes) is 3. The minimum Gasteiger partial charge on any atom is -0.352 e. The zero-order valence-electron chi connectivity index (χ0n) is 11.7. The second-order valence-corrected chi connectivity index (χ2v) is 6.56. The molecule has 3 N–H and O–H groups in total. The SMILES string of the molecule is CCCCCCNC(=O)c1cc(S(N)(=O)=O)c(Cl)cc1F. The molecule has 0 aliphatic heterocycles. The van der Waals surface area contributed by atoms with Crippen molar-refractivity contribution >= 4 is 27.5 Å². The first-order chi connectivity index (χ1) is 9.77. The number of rotatable bonds is 7. The maximum Gasteiger partial charge on any atom is 0.254 e. The van der Waals surface area contributed by atoms with Crippen molar-refractivity contribution in [1.29, 1.82) is 0 Å². The minimum absolute atomic E-state index is 0.352. The molecule has 118 valence electrons. The van der Waals surface area contributed by atoms with Gasteiger partial charge in [0.15, 0.2) is 0 Å². The molecular weight excluding hydrogens is 319 g/mol. The summed E-state index contributed by atoms with van der Waals surface area (Å²) in [6.07, 6.45) is 3.86. The van der Waals surface area contributed by atoms with Gasteiger partial charge >= 0.3 is 0 Å². The lowest BCUT2D eigenvalue weighted by atomic mass is 10.2. The van der Waals surface area contributed by atoms with Crippen molar-refractivity contribution in [3.05, 3.63) is 28.5 Å². The molecule has 0 saturated carbocycles. The summed E-state index contributed by atoms with van der Waals surface area (Å²) in [5.74, 6) is -1.58. The average molecular weight is 337 g/mol. The van der Waals surface area contributed by atoms with Gasteiger partial charge in [0, 0.05) is 6.54 Å². The fourth-order valence-electron chi connectivity index (χ4n) is 1.77. The van der Waals surface area contributed by atoms with Crippen LogP contribution in [0.4, 0.5) is 4.39 Å². The van der Waals surface area contributed by atoms with E-state index in [1.165, 1.54) is 0 Å². The van der Waals surface area contributed by atoms with Gasteiger partial charge in [-0.25, -0.2) is 17.9 Å². The van der Waals surface area contributed by atoms with Crippen LogP contribution in [-0.4, -0.2) is 20.9 Å². The summed E-state index contributed by atoms with van der Waals surface area (Å²) < 4.78 is 36.3. The van der Waals surface area contributed by atoms with E-state index in [9.17, 15) is 17.6 Å². The van der Waals surface area contributed by atoms with Crippen LogP contribution in [0.25, 0.3) is 0 Å². The van der Waals surface area contributed by atoms with Crippen molar-refractivity contribution in [2.75, 3.05) is 6.54 Å². The topological polar surface area (TPSA) is 89.3 Å². The summed E-state index contributed by atoms with van der Waals surface area (Å²) in [7, 11) is -4.12. The lowest BCUT2D eigenvalue weighted by molar-refractivity contribution is 0.0948. The predicted octanol–water partition coefficient (Wildman–Crippen LogP) is 2.44. The highest BCUT2D eigenvalue weighted by Gasteiger charge is 2.20. The molecule has 0 aliphatic rings. The number of sulfonamides is 1. The average Bonchev–Trinajstić information content (AvgIpc) is 2.36. The number of nitrogens with one attached hydrogen (secondary N) is 1. The monoisotopic (exact) mass is 336 g/mol. The van der Waals surface area contributed by atoms with E-state index >= 15 is 0 Å². The first-order valence-corrected chi connectivity index (χ1v) is 8.49. The Labute approximate surface area is 128 Å². The maximum atomic E-state index is 13.7. The molecule has 0 spiro atoms. The molecule has 1 aromatic rings. The Morgan fingerprint density at radius 2 is 2.00 bits per heavy atom. The third-order valence-electron chi connectivity index (χ3n) is 2.89. The van der Waals surface area contributed by atoms with Gasteiger partial charge in [0.2, 0.25) is 10.0 Å². The number of amides is 1. The number of primary sulfonamides is 1. The highest BCUT2D eigenvalue weighted by Crippen LogP contribution is 2.24. The van der Waals surface area contributed by atoms with Crippen molar-refractivity contribution in [1.82, 2.24) is 5.32 Å². The van der Waals surface area contributed by atoms with E-state index in [0.29, 0.717) is 6.54 Å². The lowest BCUT2D eigenvalue weighted by Gasteiger charge is -2.09. The van der Waals surface area contributed by atoms with Crippen LogP contribution < -0.4 is 10.5 Å². The molecule has 0 bridgehead atoms. The quantitative estimate of drug-likeness (QED) is 0.749. The molecule has 1 rings (SSSR count). The van der Waals surface area contributed by atoms with E-state index in [2.05, 4.69) is 12.2 Å². The van der Waals surface area contributed by atoms with E-state index in [4.69, 9.17) is 16.7 Å². The largest absolute Gasteiger partial charge is 0.352 e. The number of hydrogen-bond acceptors (Lipinski definition) is 3. The summed E-state index contributed by atoms with van der Waals surface area (Å²) >= 11 is 5.62. The first kappa shape index (κ1) is 17.9. The Bertz CT molecular complexity index is 620. The smallest absolute Gasteiger partial charge is 0.254 e. The van der Waals surface area contributed by atoms with Crippen molar-refractivity contribution < 1.29 is 17.6 Å². The zero-order valence-corrected chi connectivity index (χ0v) is 13.2. The number of hydrogen-bond donors (Lipinski definition) is 2. The summed E-state index contributed by atoms with van der Waals surface area (Å²) in [5, 5.41) is 7.15. The molecule has 0 atom stereocenters. The minimum atomic E-state index is -4.12. The number of nitrogens with two attached hydrogens (primary N) is 1. The van der Waals surface area contributed by atoms with Crippen LogP contribution in [0.2, 0.25) is 5.02 Å². The molecule has 21 heavy (non-hydrogen) atoms. The van der Waals surface area contributed by atoms with E-state index in [1.807, 2.05) is 0 Å². The van der Waals surface area contributed by atoms with E-state index in [1.54, 1.807) is 0 Å². The standard InChI is InChI=1S/C13H18ClFN2O3S/c1-2-3-4-5-6-17-13(18)9-7-12(21(16,19)20)10(14)8-11(9)15/h7-8H,2-6H2,1H3,(H,17,18)(H2,16,19,20). The predicted molar refractivity (Wildman–Crippen MR) is 79.3 cm³/mol. The van der Waals surface area contributed by atoms with E-state index in [-0.39, 0.29) is 10.6 Å². The van der Waals surface area contributed by atoms with Gasteiger partial charge in [-0.2, -0.15) is 0 Å². The van der Waals surface area contributed by atoms with Crippen LogP contribution in [0.15, 0.2) is 17.0 Å². The Balaban J connectivity index is 2.85. The van der Waals surface area contributed by atoms with Gasteiger partial charge in [0.1, 0.15) is 10.7 Å². The fraction of sp³-hybridized carbons (Fsp3) is 0.462. The van der Waals surface area contributed by atoms with E-state index < -0.39 is 26.6 Å². The molecule has 0 unspecified atom stereocenters. The molecule has 0 aliphatic carbocycles. The van der Waals surface area contributed by atoms with Crippen molar-refractivity contribution in [3.63, 3.8) is 0 Å². The maximum absolute atomic E-state index is 13.7. The van der Waals surface area contributed by atoms with Crippen LogP contribution in [0.5, 0.6) is 0 Å². The number of carbonyl (C=O) groups is 1. The summed E-state index contributed by atoms with van der Waals surface area (Å²) in [5.41, 5.74) is -0.390. The van der Waals surface area contributed by atoms with Gasteiger partial charge in [-0.05, 0) is 18.6 Å². The number of carbonyl (C=O) groups excluding carboxylic acids is 1. The molecule has 8 heteroatoms. The van der Waals surface area contributed by atoms with Gasteiger partial charge in [0.25, 0.3) is 5.91 Å². The molecule has 0 radical (unpaired) electrons. The molecule has 1 amide bonds. The summed E-state index contributed by atoms with van der Waals surface area (Å²) in [6.45, 7) is 2.46. The Morgan fingerprint density at radius 1 is 1.33 bits per heavy atom. The fourth-order valence-corrected chi connectivity index (χ4v) is 2.86. The second-order valence-electron chi connectivity index (χ2n) is 4.62. The summed E-state index contributed by atoms with van der Waals surface area (Å²) in [4.78, 5) is 11.4. The number of halogens is 2. The van der Waals surface area contributed by atoms with Crippen molar-refractivity contribution in [2.24, 2.45) is 5.14 Å². The molecule has 0 aromatic heterocycles. The zero-order chi connectivity index (χ0) is 16.0. The van der Waals surface area contributed by atoms with Crippen LogP contribution >= 0.6 is 11.6 Å². The van der Waals surface area contributed by atoms with Crippen LogP contribution in [-0.2, 0) is 10.0 Å². The molecule has 1 aromatic carbocycles. The highest BCUT2D eigenvalue weighted by molar-refractivity contribution is 7.89. The van der Waals surface area contributed by atoms with Gasteiger partial charge < -0.3 is 5.32 Å². The first-order valence-electron chi connectivity index (χ1n) is 6.57. The third-order valence-corrected chi connectivity index (χ3v) is 4.26. The lowest BCUT2D eigenvalue weighted by Crippen LogP contribution is -2.26. The molecule has 5 nitrogen and oxygen atoms in total. The molecular formula is C13H18ClFN2O3S. The van der Waals surface area contributed by atoms with Gasteiger partial charge in [-0.3, -0.25) is 4.79 Å². The Morgan fingerprint density at radius 3 is 2.57 bits per heavy atom. The van der Waals surface area contributed by atoms with E-state index in [0.717, 1.165) is 37.8 Å². The molecule has 0 heterocycles. The van der Waals surface area contributed by atoms with Crippen LogP contribution in [0.3, 0.4) is 0 Å². The van der Waals surface area contributed by atoms with Crippen LogP contribution in [0, 0.1) is 5.82 Å².